The van der Waals surface area contributed by atoms with E-state index in [9.17, 15) is 9.90 Å². The minimum absolute atomic E-state index is 0.0818. The number of carbonyl (C=O) groups is 1. The van der Waals surface area contributed by atoms with E-state index in [1.165, 1.54) is 38.7 Å². The van der Waals surface area contributed by atoms with Crippen LogP contribution in [0.25, 0.3) is 0 Å². The Morgan fingerprint density at radius 1 is 1.40 bits per heavy atom. The number of carbonyl (C=O) groups excluding carboxylic acids is 1. The van der Waals surface area contributed by atoms with Crippen LogP contribution in [0.5, 0.6) is 5.75 Å². The molecule has 1 fully saturated rings. The van der Waals surface area contributed by atoms with Crippen LogP contribution in [0.3, 0.4) is 0 Å². The van der Waals surface area contributed by atoms with Gasteiger partial charge in [0.25, 0.3) is 0 Å². The Hall–Kier alpha value is -1.06. The van der Waals surface area contributed by atoms with Crippen LogP contribution in [0.4, 0.5) is 0 Å². The van der Waals surface area contributed by atoms with Gasteiger partial charge in [0.2, 0.25) is 0 Å². The van der Waals surface area contributed by atoms with Gasteiger partial charge in [0.15, 0.2) is 5.78 Å². The molecule has 3 nitrogen and oxygen atoms in total. The molecule has 0 aromatic heterocycles. The van der Waals surface area contributed by atoms with Gasteiger partial charge in [-0.25, -0.2) is 0 Å². The molecule has 1 saturated carbocycles. The molecule has 0 atom stereocenters. The predicted octanol–water partition coefficient (Wildman–Crippen LogP) is 4.01. The molecule has 0 radical (unpaired) electrons. The summed E-state index contributed by atoms with van der Waals surface area (Å²) >= 11 is 6.07. The first-order valence-corrected chi connectivity index (χ1v) is 7.67. The van der Waals surface area contributed by atoms with Gasteiger partial charge in [0, 0.05) is 23.2 Å². The molecule has 110 valence electrons. The van der Waals surface area contributed by atoms with Crippen molar-refractivity contribution >= 4 is 17.4 Å². The molecule has 0 unspecified atom stereocenters. The normalized spacial score (nSPS) is 16.0. The molecule has 1 aromatic rings. The summed E-state index contributed by atoms with van der Waals surface area (Å²) in [5.74, 6) is -0.0755. The van der Waals surface area contributed by atoms with Crippen LogP contribution in [0.1, 0.15) is 55.5 Å². The first-order valence-electron chi connectivity index (χ1n) is 7.29. The van der Waals surface area contributed by atoms with E-state index in [1.54, 1.807) is 6.07 Å². The largest absolute Gasteiger partial charge is 0.507 e. The lowest BCUT2D eigenvalue weighted by atomic mass is 10.0. The molecule has 0 heterocycles. The van der Waals surface area contributed by atoms with Gasteiger partial charge in [0.05, 0.1) is 5.56 Å². The zero-order chi connectivity index (χ0) is 14.7. The van der Waals surface area contributed by atoms with E-state index in [0.717, 1.165) is 12.1 Å². The third-order valence-electron chi connectivity index (χ3n) is 4.15. The summed E-state index contributed by atoms with van der Waals surface area (Å²) in [4.78, 5) is 13.9. The number of phenols is 1. The number of nitrogens with zero attached hydrogens (tertiary/aromatic N) is 1. The molecule has 0 bridgehead atoms. The van der Waals surface area contributed by atoms with Crippen molar-refractivity contribution in [3.05, 3.63) is 28.3 Å². The van der Waals surface area contributed by atoms with E-state index in [0.29, 0.717) is 23.2 Å². The Kier molecular flexibility index (Phi) is 5.06. The molecule has 0 aliphatic heterocycles. The zero-order valence-corrected chi connectivity index (χ0v) is 12.9. The van der Waals surface area contributed by atoms with Crippen molar-refractivity contribution in [3.63, 3.8) is 0 Å². The fourth-order valence-corrected chi connectivity index (χ4v) is 3.27. The Balaban J connectivity index is 2.25. The van der Waals surface area contributed by atoms with Crippen LogP contribution in [0.15, 0.2) is 12.1 Å². The minimum Gasteiger partial charge on any atom is -0.507 e. The molecule has 2 rings (SSSR count). The summed E-state index contributed by atoms with van der Waals surface area (Å²) in [5.41, 5.74) is 1.06. The molecule has 0 saturated heterocycles. The van der Waals surface area contributed by atoms with Crippen LogP contribution in [0.2, 0.25) is 5.02 Å². The van der Waals surface area contributed by atoms with Gasteiger partial charge in [-0.3, -0.25) is 9.69 Å². The van der Waals surface area contributed by atoms with E-state index >= 15 is 0 Å². The number of phenolic OH excluding ortho intramolecular Hbond substituents is 1. The van der Waals surface area contributed by atoms with Crippen LogP contribution in [-0.4, -0.2) is 28.4 Å². The molecular weight excluding hydrogens is 274 g/mol. The lowest BCUT2D eigenvalue weighted by Crippen LogP contribution is -2.32. The number of hydrogen-bond donors (Lipinski definition) is 1. The zero-order valence-electron chi connectivity index (χ0n) is 12.2. The lowest BCUT2D eigenvalue weighted by Gasteiger charge is -2.28. The van der Waals surface area contributed by atoms with Crippen molar-refractivity contribution in [2.24, 2.45) is 0 Å². The average Bonchev–Trinajstić information content (AvgIpc) is 2.92. The summed E-state index contributed by atoms with van der Waals surface area (Å²) in [6, 6.07) is 3.88. The molecule has 1 aliphatic rings. The maximum Gasteiger partial charge on any atom is 0.163 e. The van der Waals surface area contributed by atoms with Gasteiger partial charge in [-0.1, -0.05) is 31.4 Å². The second-order valence-corrected chi connectivity index (χ2v) is 5.96. The number of hydrogen-bond acceptors (Lipinski definition) is 3. The van der Waals surface area contributed by atoms with Crippen molar-refractivity contribution in [1.29, 1.82) is 0 Å². The van der Waals surface area contributed by atoms with Crippen LogP contribution < -0.4 is 0 Å². The van der Waals surface area contributed by atoms with E-state index in [2.05, 4.69) is 11.8 Å². The maximum atomic E-state index is 11.5. The van der Waals surface area contributed by atoms with Gasteiger partial charge in [-0.05, 0) is 38.4 Å². The van der Waals surface area contributed by atoms with Gasteiger partial charge >= 0.3 is 0 Å². The van der Waals surface area contributed by atoms with E-state index < -0.39 is 0 Å². The summed E-state index contributed by atoms with van der Waals surface area (Å²) in [6.45, 7) is 5.16. The molecule has 1 aliphatic carbocycles. The number of Topliss-reactive ketones (excluding diaryl/α,β-unsaturated/α-hetero) is 1. The highest BCUT2D eigenvalue weighted by atomic mass is 35.5. The highest BCUT2D eigenvalue weighted by molar-refractivity contribution is 6.31. The first-order chi connectivity index (χ1) is 9.52. The van der Waals surface area contributed by atoms with Gasteiger partial charge < -0.3 is 5.11 Å². The molecule has 1 N–H and O–H groups in total. The minimum atomic E-state index is -0.157. The Morgan fingerprint density at radius 3 is 2.60 bits per heavy atom. The predicted molar refractivity (Wildman–Crippen MR) is 81.5 cm³/mol. The summed E-state index contributed by atoms with van der Waals surface area (Å²) in [6.07, 6.45) is 4.99. The Labute approximate surface area is 125 Å². The van der Waals surface area contributed by atoms with Crippen LogP contribution >= 0.6 is 11.6 Å². The number of benzene rings is 1. The number of ketones is 1. The summed E-state index contributed by atoms with van der Waals surface area (Å²) < 4.78 is 0. The van der Waals surface area contributed by atoms with Crippen molar-refractivity contribution < 1.29 is 9.90 Å². The van der Waals surface area contributed by atoms with Crippen LogP contribution in [0, 0.1) is 0 Å². The smallest absolute Gasteiger partial charge is 0.163 e. The van der Waals surface area contributed by atoms with Crippen molar-refractivity contribution in [1.82, 2.24) is 4.90 Å². The third-order valence-corrected chi connectivity index (χ3v) is 4.37. The Bertz CT molecular complexity index is 495. The molecule has 4 heteroatoms. The number of rotatable bonds is 5. The monoisotopic (exact) mass is 295 g/mol. The topological polar surface area (TPSA) is 40.5 Å². The van der Waals surface area contributed by atoms with Gasteiger partial charge in [-0.2, -0.15) is 0 Å². The lowest BCUT2D eigenvalue weighted by molar-refractivity contribution is 0.101. The fraction of sp³-hybridized carbons (Fsp3) is 0.562. The standard InChI is InChI=1S/C16H22ClNO2/c1-3-18(14-6-4-5-7-14)10-12-8-13(17)9-15(11(2)19)16(12)20/h8-9,14,20H,3-7,10H2,1-2H3. The number of aromatic hydroxyl groups is 1. The highest BCUT2D eigenvalue weighted by Gasteiger charge is 2.23. The van der Waals surface area contributed by atoms with Gasteiger partial charge in [-0.15, -0.1) is 0 Å². The van der Waals surface area contributed by atoms with Crippen molar-refractivity contribution in [2.75, 3.05) is 6.54 Å². The summed E-state index contributed by atoms with van der Waals surface area (Å²) in [5, 5.41) is 10.8. The Morgan fingerprint density at radius 2 is 2.05 bits per heavy atom. The highest BCUT2D eigenvalue weighted by Crippen LogP contribution is 2.31. The molecule has 1 aromatic carbocycles. The summed E-state index contributed by atoms with van der Waals surface area (Å²) in [7, 11) is 0. The molecule has 0 spiro atoms. The first kappa shape index (κ1) is 15.3. The van der Waals surface area contributed by atoms with E-state index in [-0.39, 0.29) is 11.5 Å². The average molecular weight is 296 g/mol. The van der Waals surface area contributed by atoms with Crippen LogP contribution in [-0.2, 0) is 6.54 Å². The molecule has 20 heavy (non-hydrogen) atoms. The van der Waals surface area contributed by atoms with E-state index in [4.69, 9.17) is 11.6 Å². The second-order valence-electron chi connectivity index (χ2n) is 5.52. The second kappa shape index (κ2) is 6.59. The quantitative estimate of drug-likeness (QED) is 0.834. The number of halogens is 1. The SMILES string of the molecule is CCN(Cc1cc(Cl)cc(C(C)=O)c1O)C1CCCC1. The maximum absolute atomic E-state index is 11.5. The molecular formula is C16H22ClNO2. The fourth-order valence-electron chi connectivity index (χ4n) is 3.03. The van der Waals surface area contributed by atoms with E-state index in [1.807, 2.05) is 0 Å². The third kappa shape index (κ3) is 3.33. The van der Waals surface area contributed by atoms with Gasteiger partial charge in [0.1, 0.15) is 5.75 Å². The van der Waals surface area contributed by atoms with Crippen molar-refractivity contribution in [3.8, 4) is 5.75 Å². The van der Waals surface area contributed by atoms with Crippen molar-refractivity contribution in [2.45, 2.75) is 52.1 Å². The molecule has 0 amide bonds.